The number of hydrogen-bond acceptors (Lipinski definition) is 4. The van der Waals surface area contributed by atoms with Crippen LogP contribution in [0.15, 0.2) is 24.3 Å². The van der Waals surface area contributed by atoms with Crippen LogP contribution in [-0.4, -0.2) is 29.6 Å². The van der Waals surface area contributed by atoms with Crippen molar-refractivity contribution in [3.05, 3.63) is 29.8 Å². The van der Waals surface area contributed by atoms with E-state index in [1.165, 1.54) is 24.3 Å². The molecule has 0 heterocycles. The van der Waals surface area contributed by atoms with Crippen LogP contribution >= 0.6 is 0 Å². The molecule has 1 rings (SSSR count). The highest BCUT2D eigenvalue weighted by molar-refractivity contribution is 6.02. The molecule has 2 N–H and O–H groups in total. The maximum atomic E-state index is 11.4. The molecule has 0 saturated carbocycles. The molecular weight excluding hydrogens is 238 g/mol. The Hall–Kier alpha value is -2.37. The van der Waals surface area contributed by atoms with Gasteiger partial charge in [0.1, 0.15) is 6.42 Å². The van der Waals surface area contributed by atoms with Crippen molar-refractivity contribution < 1.29 is 24.2 Å². The van der Waals surface area contributed by atoms with E-state index < -0.39 is 17.8 Å². The summed E-state index contributed by atoms with van der Waals surface area (Å²) in [4.78, 5) is 33.0. The predicted molar refractivity (Wildman–Crippen MR) is 63.3 cm³/mol. The van der Waals surface area contributed by atoms with E-state index in [4.69, 9.17) is 5.11 Å². The lowest BCUT2D eigenvalue weighted by atomic mass is 10.2. The molecule has 0 atom stereocenters. The van der Waals surface area contributed by atoms with Crippen molar-refractivity contribution in [1.29, 1.82) is 0 Å². The number of carbonyl (C=O) groups excluding carboxylic acids is 2. The summed E-state index contributed by atoms with van der Waals surface area (Å²) in [5, 5.41) is 11.2. The van der Waals surface area contributed by atoms with Crippen molar-refractivity contribution in [2.24, 2.45) is 0 Å². The lowest BCUT2D eigenvalue weighted by molar-refractivity contribution is -0.145. The van der Waals surface area contributed by atoms with Crippen LogP contribution in [-0.2, 0) is 14.3 Å². The zero-order valence-electron chi connectivity index (χ0n) is 9.80. The van der Waals surface area contributed by atoms with E-state index in [0.717, 1.165) is 0 Å². The van der Waals surface area contributed by atoms with Crippen molar-refractivity contribution in [2.45, 2.75) is 13.3 Å². The van der Waals surface area contributed by atoms with Gasteiger partial charge in [0.15, 0.2) is 0 Å². The van der Waals surface area contributed by atoms with Gasteiger partial charge in [0.25, 0.3) is 0 Å². The Morgan fingerprint density at radius 2 is 1.83 bits per heavy atom. The Morgan fingerprint density at radius 3 is 2.33 bits per heavy atom. The zero-order chi connectivity index (χ0) is 13.5. The molecule has 0 aliphatic heterocycles. The first-order valence-corrected chi connectivity index (χ1v) is 5.31. The molecule has 0 unspecified atom stereocenters. The van der Waals surface area contributed by atoms with Crippen LogP contribution in [0.2, 0.25) is 0 Å². The maximum Gasteiger partial charge on any atom is 0.335 e. The number of aromatic carboxylic acids is 1. The van der Waals surface area contributed by atoms with Gasteiger partial charge in [0.2, 0.25) is 5.91 Å². The average molecular weight is 251 g/mol. The zero-order valence-corrected chi connectivity index (χ0v) is 9.80. The average Bonchev–Trinajstić information content (AvgIpc) is 2.29. The summed E-state index contributed by atoms with van der Waals surface area (Å²) in [6, 6.07) is 5.63. The lowest BCUT2D eigenvalue weighted by Crippen LogP contribution is -2.18. The summed E-state index contributed by atoms with van der Waals surface area (Å²) in [6.45, 7) is 1.87. The first-order chi connectivity index (χ1) is 8.52. The number of hydrogen-bond donors (Lipinski definition) is 2. The van der Waals surface area contributed by atoms with Crippen molar-refractivity contribution in [3.63, 3.8) is 0 Å². The van der Waals surface area contributed by atoms with Crippen LogP contribution in [0.5, 0.6) is 0 Å². The molecular formula is C12H13NO5. The Labute approximate surface area is 104 Å². The van der Waals surface area contributed by atoms with Gasteiger partial charge in [-0.3, -0.25) is 9.59 Å². The quantitative estimate of drug-likeness (QED) is 0.607. The van der Waals surface area contributed by atoms with E-state index in [1.807, 2.05) is 0 Å². The fraction of sp³-hybridized carbons (Fsp3) is 0.250. The number of nitrogens with one attached hydrogen (secondary N) is 1. The number of benzene rings is 1. The van der Waals surface area contributed by atoms with Crippen molar-refractivity contribution in [2.75, 3.05) is 11.9 Å². The van der Waals surface area contributed by atoms with Gasteiger partial charge in [-0.25, -0.2) is 4.79 Å². The molecule has 6 nitrogen and oxygen atoms in total. The van der Waals surface area contributed by atoms with Crippen molar-refractivity contribution in [1.82, 2.24) is 0 Å². The molecule has 0 spiro atoms. The molecule has 0 saturated heterocycles. The summed E-state index contributed by atoms with van der Waals surface area (Å²) in [5.74, 6) is -2.15. The third-order valence-electron chi connectivity index (χ3n) is 2.03. The minimum Gasteiger partial charge on any atom is -0.478 e. The van der Waals surface area contributed by atoms with Gasteiger partial charge in [-0.1, -0.05) is 0 Å². The SMILES string of the molecule is CCOC(=O)CC(=O)Nc1ccc(C(=O)O)cc1. The Balaban J connectivity index is 2.54. The minimum absolute atomic E-state index is 0.124. The van der Waals surface area contributed by atoms with Crippen molar-refractivity contribution in [3.8, 4) is 0 Å². The molecule has 0 aliphatic rings. The highest BCUT2D eigenvalue weighted by Crippen LogP contribution is 2.09. The highest BCUT2D eigenvalue weighted by Gasteiger charge is 2.10. The number of carbonyl (C=O) groups is 3. The highest BCUT2D eigenvalue weighted by atomic mass is 16.5. The van der Waals surface area contributed by atoms with Crippen LogP contribution in [0.25, 0.3) is 0 Å². The number of amides is 1. The monoisotopic (exact) mass is 251 g/mol. The van der Waals surface area contributed by atoms with E-state index in [0.29, 0.717) is 5.69 Å². The molecule has 96 valence electrons. The Bertz CT molecular complexity index is 452. The van der Waals surface area contributed by atoms with Crippen LogP contribution in [0.1, 0.15) is 23.7 Å². The van der Waals surface area contributed by atoms with E-state index in [2.05, 4.69) is 10.1 Å². The Morgan fingerprint density at radius 1 is 1.22 bits per heavy atom. The van der Waals surface area contributed by atoms with Gasteiger partial charge < -0.3 is 15.2 Å². The van der Waals surface area contributed by atoms with Crippen molar-refractivity contribution >= 4 is 23.5 Å². The first-order valence-electron chi connectivity index (χ1n) is 5.31. The molecule has 0 bridgehead atoms. The third kappa shape index (κ3) is 4.25. The number of ether oxygens (including phenoxy) is 1. The fourth-order valence-corrected chi connectivity index (χ4v) is 1.24. The number of esters is 1. The second-order valence-corrected chi connectivity index (χ2v) is 3.41. The third-order valence-corrected chi connectivity index (χ3v) is 2.03. The second kappa shape index (κ2) is 6.39. The molecule has 1 amide bonds. The first kappa shape index (κ1) is 13.7. The summed E-state index contributed by atoms with van der Waals surface area (Å²) < 4.78 is 4.62. The van der Waals surface area contributed by atoms with Gasteiger partial charge in [-0.2, -0.15) is 0 Å². The lowest BCUT2D eigenvalue weighted by Gasteiger charge is -2.05. The molecule has 1 aromatic carbocycles. The smallest absolute Gasteiger partial charge is 0.335 e. The molecule has 0 aromatic heterocycles. The summed E-state index contributed by atoms with van der Waals surface area (Å²) in [6.07, 6.45) is -0.367. The molecule has 0 fully saturated rings. The molecule has 0 radical (unpaired) electrons. The second-order valence-electron chi connectivity index (χ2n) is 3.41. The summed E-state index contributed by atoms with van der Waals surface area (Å²) >= 11 is 0. The molecule has 0 aliphatic carbocycles. The summed E-state index contributed by atoms with van der Waals surface area (Å²) in [7, 11) is 0. The van der Waals surface area contributed by atoms with E-state index in [1.54, 1.807) is 6.92 Å². The van der Waals surface area contributed by atoms with Crippen LogP contribution < -0.4 is 5.32 Å². The van der Waals surface area contributed by atoms with Crippen LogP contribution in [0.4, 0.5) is 5.69 Å². The van der Waals surface area contributed by atoms with Gasteiger partial charge in [-0.15, -0.1) is 0 Å². The summed E-state index contributed by atoms with van der Waals surface area (Å²) in [5.41, 5.74) is 0.549. The van der Waals surface area contributed by atoms with Gasteiger partial charge in [-0.05, 0) is 31.2 Å². The number of rotatable bonds is 5. The minimum atomic E-state index is -1.04. The predicted octanol–water partition coefficient (Wildman–Crippen LogP) is 1.28. The number of anilines is 1. The fourth-order valence-electron chi connectivity index (χ4n) is 1.24. The standard InChI is InChI=1S/C12H13NO5/c1-2-18-11(15)7-10(14)13-9-5-3-8(4-6-9)12(16)17/h3-6H,2,7H2,1H3,(H,13,14)(H,16,17). The van der Waals surface area contributed by atoms with E-state index >= 15 is 0 Å². The molecule has 1 aromatic rings. The van der Waals surface area contributed by atoms with E-state index in [-0.39, 0.29) is 18.6 Å². The largest absolute Gasteiger partial charge is 0.478 e. The van der Waals surface area contributed by atoms with Crippen LogP contribution in [0, 0.1) is 0 Å². The normalized spacial score (nSPS) is 9.61. The van der Waals surface area contributed by atoms with Gasteiger partial charge >= 0.3 is 11.9 Å². The Kier molecular flexibility index (Phi) is 4.86. The van der Waals surface area contributed by atoms with Crippen LogP contribution in [0.3, 0.4) is 0 Å². The number of carboxylic acid groups (broad SMARTS) is 1. The van der Waals surface area contributed by atoms with Gasteiger partial charge in [0, 0.05) is 5.69 Å². The molecule has 18 heavy (non-hydrogen) atoms. The number of carboxylic acids is 1. The topological polar surface area (TPSA) is 92.7 Å². The van der Waals surface area contributed by atoms with Gasteiger partial charge in [0.05, 0.1) is 12.2 Å². The molecule has 6 heteroatoms. The maximum absolute atomic E-state index is 11.4. The van der Waals surface area contributed by atoms with E-state index in [9.17, 15) is 14.4 Å².